The van der Waals surface area contributed by atoms with Gasteiger partial charge in [-0.2, -0.15) is 0 Å². The summed E-state index contributed by atoms with van der Waals surface area (Å²) in [5.41, 5.74) is -0.555. The molecule has 2 rings (SSSR count). The molecule has 7 heteroatoms. The number of carboxylic acids is 1. The van der Waals surface area contributed by atoms with E-state index >= 15 is 0 Å². The van der Waals surface area contributed by atoms with Crippen LogP contribution in [0.4, 0.5) is 4.79 Å². The summed E-state index contributed by atoms with van der Waals surface area (Å²) in [7, 11) is 0. The molecule has 1 amide bonds. The van der Waals surface area contributed by atoms with Gasteiger partial charge in [0, 0.05) is 19.1 Å². The zero-order chi connectivity index (χ0) is 16.3. The number of amides is 1. The van der Waals surface area contributed by atoms with Crippen molar-refractivity contribution in [2.45, 2.75) is 44.9 Å². The van der Waals surface area contributed by atoms with Crippen LogP contribution in [0, 0.1) is 0 Å². The Kier molecular flexibility index (Phi) is 4.75. The van der Waals surface area contributed by atoms with Crippen LogP contribution in [0.3, 0.4) is 0 Å². The molecule has 2 N–H and O–H groups in total. The summed E-state index contributed by atoms with van der Waals surface area (Å²) < 4.78 is 10.4. The number of nitrogens with one attached hydrogen (secondary N) is 1. The number of carbonyl (C=O) groups is 2. The number of hydrogen-bond acceptors (Lipinski definition) is 5. The maximum atomic E-state index is 11.8. The predicted molar refractivity (Wildman–Crippen MR) is 78.4 cm³/mol. The quantitative estimate of drug-likeness (QED) is 0.884. The fraction of sp³-hybridized carbons (Fsp3) is 0.600. The lowest BCUT2D eigenvalue weighted by atomic mass is 10.2. The number of alkyl carbamates (subject to hydrolysis) is 1. The summed E-state index contributed by atoms with van der Waals surface area (Å²) in [4.78, 5) is 25.0. The summed E-state index contributed by atoms with van der Waals surface area (Å²) >= 11 is 0. The average Bonchev–Trinajstić information content (AvgIpc) is 2.99. The Balaban J connectivity index is 1.94. The highest BCUT2D eigenvalue weighted by molar-refractivity contribution is 5.74. The lowest BCUT2D eigenvalue weighted by Crippen LogP contribution is -2.41. The van der Waals surface area contributed by atoms with Gasteiger partial charge < -0.3 is 19.6 Å². The van der Waals surface area contributed by atoms with Crippen molar-refractivity contribution in [3.05, 3.63) is 24.2 Å². The minimum atomic E-state index is -0.965. The highest BCUT2D eigenvalue weighted by atomic mass is 16.6. The third kappa shape index (κ3) is 4.24. The molecule has 0 unspecified atom stereocenters. The van der Waals surface area contributed by atoms with Crippen molar-refractivity contribution >= 4 is 12.1 Å². The van der Waals surface area contributed by atoms with E-state index in [2.05, 4.69) is 5.32 Å². The second-order valence-corrected chi connectivity index (χ2v) is 6.38. The number of likely N-dealkylation sites (tertiary alicyclic amines) is 1. The van der Waals surface area contributed by atoms with E-state index in [1.165, 1.54) is 6.26 Å². The largest absolute Gasteiger partial charge is 0.480 e. The molecule has 1 aromatic rings. The van der Waals surface area contributed by atoms with Crippen molar-refractivity contribution in [2.75, 3.05) is 13.1 Å². The molecule has 0 spiro atoms. The van der Waals surface area contributed by atoms with E-state index in [0.29, 0.717) is 25.3 Å². The second-order valence-electron chi connectivity index (χ2n) is 6.38. The zero-order valence-corrected chi connectivity index (χ0v) is 13.0. The lowest BCUT2D eigenvalue weighted by molar-refractivity contribution is -0.143. The van der Waals surface area contributed by atoms with Crippen LogP contribution in [-0.2, 0) is 9.53 Å². The van der Waals surface area contributed by atoms with Crippen LogP contribution < -0.4 is 5.32 Å². The van der Waals surface area contributed by atoms with Crippen molar-refractivity contribution in [2.24, 2.45) is 0 Å². The predicted octanol–water partition coefficient (Wildman–Crippen LogP) is 2.00. The molecule has 0 radical (unpaired) electrons. The standard InChI is InChI=1S/C15H22N2O5/c1-15(2,3)22-14(20)16-10-6-7-17(9-10)12(13(18)19)11-5-4-8-21-11/h4-5,8,10,12H,6-7,9H2,1-3H3,(H,16,20)(H,18,19)/t10-,12+/m0/s1. The molecule has 2 heterocycles. The first kappa shape index (κ1) is 16.4. The van der Waals surface area contributed by atoms with Crippen molar-refractivity contribution in [3.63, 3.8) is 0 Å². The van der Waals surface area contributed by atoms with E-state index in [-0.39, 0.29) is 6.04 Å². The summed E-state index contributed by atoms with van der Waals surface area (Å²) in [6.45, 7) is 6.40. The fourth-order valence-electron chi connectivity index (χ4n) is 2.52. The van der Waals surface area contributed by atoms with Crippen molar-refractivity contribution < 1.29 is 23.8 Å². The molecule has 2 atom stereocenters. The molecule has 1 saturated heterocycles. The third-order valence-corrected chi connectivity index (χ3v) is 3.35. The molecule has 1 aliphatic heterocycles. The van der Waals surface area contributed by atoms with Crippen molar-refractivity contribution in [1.82, 2.24) is 10.2 Å². The molecule has 22 heavy (non-hydrogen) atoms. The molecule has 0 saturated carbocycles. The SMILES string of the molecule is CC(C)(C)OC(=O)N[C@H]1CCN([C@@H](C(=O)O)c2ccco2)C1. The van der Waals surface area contributed by atoms with E-state index < -0.39 is 23.7 Å². The Morgan fingerprint density at radius 2 is 2.23 bits per heavy atom. The second kappa shape index (κ2) is 6.39. The number of ether oxygens (including phenoxy) is 1. The Morgan fingerprint density at radius 3 is 2.77 bits per heavy atom. The fourth-order valence-corrected chi connectivity index (χ4v) is 2.52. The van der Waals surface area contributed by atoms with Gasteiger partial charge in [-0.25, -0.2) is 4.79 Å². The van der Waals surface area contributed by atoms with Crippen LogP contribution in [0.1, 0.15) is 39.0 Å². The van der Waals surface area contributed by atoms with Gasteiger partial charge in [0.25, 0.3) is 0 Å². The molecule has 7 nitrogen and oxygen atoms in total. The van der Waals surface area contributed by atoms with Gasteiger partial charge in [-0.05, 0) is 39.3 Å². The first-order chi connectivity index (χ1) is 10.3. The van der Waals surface area contributed by atoms with Crippen molar-refractivity contribution in [1.29, 1.82) is 0 Å². The number of aliphatic carboxylic acids is 1. The minimum Gasteiger partial charge on any atom is -0.480 e. The highest BCUT2D eigenvalue weighted by Gasteiger charge is 2.36. The smallest absolute Gasteiger partial charge is 0.407 e. The molecule has 0 aliphatic carbocycles. The van der Waals surface area contributed by atoms with E-state index in [0.717, 1.165) is 0 Å². The summed E-state index contributed by atoms with van der Waals surface area (Å²) in [6, 6.07) is 2.35. The van der Waals surface area contributed by atoms with Crippen molar-refractivity contribution in [3.8, 4) is 0 Å². The molecule has 1 aromatic heterocycles. The zero-order valence-electron chi connectivity index (χ0n) is 13.0. The number of carboxylic acid groups (broad SMARTS) is 1. The highest BCUT2D eigenvalue weighted by Crippen LogP contribution is 2.26. The van der Waals surface area contributed by atoms with Gasteiger partial charge in [-0.3, -0.25) is 9.69 Å². The van der Waals surface area contributed by atoms with Crippen LogP contribution >= 0.6 is 0 Å². The summed E-state index contributed by atoms with van der Waals surface area (Å²) in [6.07, 6.45) is 1.64. The maximum absolute atomic E-state index is 11.8. The van der Waals surface area contributed by atoms with Crippen LogP contribution in [0.2, 0.25) is 0 Å². The number of nitrogens with zero attached hydrogens (tertiary/aromatic N) is 1. The Bertz CT molecular complexity index is 521. The van der Waals surface area contributed by atoms with Gasteiger partial charge in [0.2, 0.25) is 0 Å². The molecule has 0 aromatic carbocycles. The van der Waals surface area contributed by atoms with Gasteiger partial charge in [0.05, 0.1) is 6.26 Å². The Morgan fingerprint density at radius 1 is 1.50 bits per heavy atom. The summed E-state index contributed by atoms with van der Waals surface area (Å²) in [5, 5.41) is 12.2. The lowest BCUT2D eigenvalue weighted by Gasteiger charge is -2.24. The normalized spacial score (nSPS) is 20.6. The monoisotopic (exact) mass is 310 g/mol. The molecule has 1 fully saturated rings. The van der Waals surface area contributed by atoms with Gasteiger partial charge in [-0.1, -0.05) is 0 Å². The van der Waals surface area contributed by atoms with Crippen LogP contribution in [0.5, 0.6) is 0 Å². The first-order valence-corrected chi connectivity index (χ1v) is 7.26. The molecule has 1 aliphatic rings. The molecule has 0 bridgehead atoms. The number of furan rings is 1. The summed E-state index contributed by atoms with van der Waals surface area (Å²) in [5.74, 6) is -0.571. The van der Waals surface area contributed by atoms with Gasteiger partial charge in [0.15, 0.2) is 6.04 Å². The third-order valence-electron chi connectivity index (χ3n) is 3.35. The number of carbonyl (C=O) groups excluding carboxylic acids is 1. The average molecular weight is 310 g/mol. The molecular weight excluding hydrogens is 288 g/mol. The maximum Gasteiger partial charge on any atom is 0.407 e. The van der Waals surface area contributed by atoms with E-state index in [9.17, 15) is 14.7 Å². The minimum absolute atomic E-state index is 0.133. The topological polar surface area (TPSA) is 92.0 Å². The Hall–Kier alpha value is -2.02. The van der Waals surface area contributed by atoms with Gasteiger partial charge >= 0.3 is 12.1 Å². The van der Waals surface area contributed by atoms with Crippen LogP contribution in [0.15, 0.2) is 22.8 Å². The van der Waals surface area contributed by atoms with E-state index in [1.807, 2.05) is 0 Å². The van der Waals surface area contributed by atoms with Gasteiger partial charge in [-0.15, -0.1) is 0 Å². The van der Waals surface area contributed by atoms with E-state index in [4.69, 9.17) is 9.15 Å². The molecule has 122 valence electrons. The van der Waals surface area contributed by atoms with Crippen LogP contribution in [0.25, 0.3) is 0 Å². The van der Waals surface area contributed by atoms with E-state index in [1.54, 1.807) is 37.8 Å². The van der Waals surface area contributed by atoms with Crippen LogP contribution in [-0.4, -0.2) is 46.8 Å². The Labute approximate surface area is 129 Å². The van der Waals surface area contributed by atoms with Gasteiger partial charge in [0.1, 0.15) is 11.4 Å². The molecular formula is C15H22N2O5. The first-order valence-electron chi connectivity index (χ1n) is 7.26. The number of hydrogen-bond donors (Lipinski definition) is 2. The number of rotatable bonds is 4.